The average molecular weight is 405 g/mol. The van der Waals surface area contributed by atoms with Gasteiger partial charge in [-0.15, -0.1) is 0 Å². The molecule has 1 amide bonds. The summed E-state index contributed by atoms with van der Waals surface area (Å²) < 4.78 is 49.2. The van der Waals surface area contributed by atoms with Crippen LogP contribution in [0.1, 0.15) is 34.6 Å². The molecule has 0 spiro atoms. The Morgan fingerprint density at radius 1 is 1.21 bits per heavy atom. The fourth-order valence-electron chi connectivity index (χ4n) is 3.44. The number of amides is 1. The number of imidazole rings is 1. The van der Waals surface area contributed by atoms with Gasteiger partial charge >= 0.3 is 0 Å². The Morgan fingerprint density at radius 3 is 2.71 bits per heavy atom. The second kappa shape index (κ2) is 6.66. The maximum absolute atomic E-state index is 13.1. The lowest BCUT2D eigenvalue weighted by molar-refractivity contribution is 0.0985. The number of carbonyl (C=O) groups excluding carboxylic acids is 1. The van der Waals surface area contributed by atoms with Crippen molar-refractivity contribution in [2.24, 2.45) is 0 Å². The summed E-state index contributed by atoms with van der Waals surface area (Å²) in [5, 5.41) is 0. The Morgan fingerprint density at radius 2 is 2.00 bits per heavy atom. The zero-order chi connectivity index (χ0) is 20.1. The monoisotopic (exact) mass is 405 g/mol. The van der Waals surface area contributed by atoms with E-state index in [2.05, 4.69) is 9.97 Å². The van der Waals surface area contributed by atoms with Gasteiger partial charge in [0, 0.05) is 24.1 Å². The van der Waals surface area contributed by atoms with E-state index in [1.54, 1.807) is 23.1 Å². The average Bonchev–Trinajstić information content (AvgIpc) is 3.09. The summed E-state index contributed by atoms with van der Waals surface area (Å²) in [5.41, 5.74) is 2.54. The second-order valence-electron chi connectivity index (χ2n) is 6.78. The van der Waals surface area contributed by atoms with Gasteiger partial charge in [0.15, 0.2) is 15.7 Å². The van der Waals surface area contributed by atoms with E-state index in [9.17, 15) is 22.0 Å². The van der Waals surface area contributed by atoms with Gasteiger partial charge in [0.1, 0.15) is 0 Å². The number of hydrogen-bond donors (Lipinski definition) is 1. The molecule has 28 heavy (non-hydrogen) atoms. The number of rotatable bonds is 3. The number of aromatic amines is 1. The Hall–Kier alpha value is -2.81. The predicted octanol–water partition coefficient (Wildman–Crippen LogP) is 3.50. The number of hydrogen-bond acceptors (Lipinski definition) is 4. The molecular weight excluding hydrogens is 388 g/mol. The van der Waals surface area contributed by atoms with E-state index >= 15 is 0 Å². The molecule has 2 aromatic carbocycles. The summed E-state index contributed by atoms with van der Waals surface area (Å²) in [7, 11) is -3.33. The summed E-state index contributed by atoms with van der Waals surface area (Å²) in [4.78, 5) is 21.2. The zero-order valence-corrected chi connectivity index (χ0v) is 15.8. The van der Waals surface area contributed by atoms with E-state index in [1.807, 2.05) is 0 Å². The second-order valence-corrected chi connectivity index (χ2v) is 8.79. The number of anilines is 1. The molecule has 1 aromatic heterocycles. The highest BCUT2D eigenvalue weighted by molar-refractivity contribution is 7.90. The van der Waals surface area contributed by atoms with Crippen LogP contribution in [0.4, 0.5) is 14.5 Å². The summed E-state index contributed by atoms with van der Waals surface area (Å²) in [6.45, 7) is 0.493. The summed E-state index contributed by atoms with van der Waals surface area (Å²) in [5.74, 6) is -0.709. The maximum atomic E-state index is 13.1. The van der Waals surface area contributed by atoms with Crippen LogP contribution in [0.15, 0.2) is 41.3 Å². The highest BCUT2D eigenvalue weighted by Gasteiger charge is 2.25. The van der Waals surface area contributed by atoms with E-state index in [-0.39, 0.29) is 10.8 Å². The standard InChI is InChI=1S/C19H17F2N3O3S/c1-28(26,27)13-5-7-16-11(9-13)3-2-8-24(16)19(25)12-4-6-14-15(10-12)23-18(22-14)17(20)21/h4-7,9-10,17H,2-3,8H2,1H3,(H,22,23). The molecule has 146 valence electrons. The first-order valence-electron chi connectivity index (χ1n) is 8.67. The van der Waals surface area contributed by atoms with Gasteiger partial charge in [-0.2, -0.15) is 0 Å². The van der Waals surface area contributed by atoms with E-state index in [0.29, 0.717) is 41.7 Å². The van der Waals surface area contributed by atoms with Crippen molar-refractivity contribution in [3.63, 3.8) is 0 Å². The van der Waals surface area contributed by atoms with Gasteiger partial charge in [0.25, 0.3) is 12.3 Å². The molecule has 1 aliphatic heterocycles. The number of nitrogens with one attached hydrogen (secondary N) is 1. The molecule has 4 rings (SSSR count). The van der Waals surface area contributed by atoms with Crippen LogP contribution in [0, 0.1) is 0 Å². The Balaban J connectivity index is 1.70. The quantitative estimate of drug-likeness (QED) is 0.723. The highest BCUT2D eigenvalue weighted by Crippen LogP contribution is 2.31. The molecule has 9 heteroatoms. The van der Waals surface area contributed by atoms with Crippen molar-refractivity contribution in [2.75, 3.05) is 17.7 Å². The summed E-state index contributed by atoms with van der Waals surface area (Å²) >= 11 is 0. The number of benzene rings is 2. The number of nitrogens with zero attached hydrogens (tertiary/aromatic N) is 2. The van der Waals surface area contributed by atoms with Gasteiger partial charge in [0.2, 0.25) is 0 Å². The fourth-order valence-corrected chi connectivity index (χ4v) is 4.11. The molecular formula is C19H17F2N3O3S. The molecule has 6 nitrogen and oxygen atoms in total. The van der Waals surface area contributed by atoms with Gasteiger partial charge in [-0.3, -0.25) is 4.79 Å². The number of carbonyl (C=O) groups is 1. The van der Waals surface area contributed by atoms with Crippen molar-refractivity contribution < 1.29 is 22.0 Å². The van der Waals surface area contributed by atoms with Crippen molar-refractivity contribution in [3.8, 4) is 0 Å². The number of aryl methyl sites for hydroxylation is 1. The third kappa shape index (κ3) is 3.26. The highest BCUT2D eigenvalue weighted by atomic mass is 32.2. The van der Waals surface area contributed by atoms with Crippen molar-refractivity contribution in [2.45, 2.75) is 24.2 Å². The van der Waals surface area contributed by atoms with Crippen LogP contribution >= 0.6 is 0 Å². The normalized spacial score (nSPS) is 14.5. The van der Waals surface area contributed by atoms with Gasteiger partial charge in [-0.05, 0) is 54.8 Å². The van der Waals surface area contributed by atoms with Gasteiger partial charge < -0.3 is 9.88 Å². The van der Waals surface area contributed by atoms with Gasteiger partial charge in [0.05, 0.1) is 15.9 Å². The van der Waals surface area contributed by atoms with Crippen LogP contribution < -0.4 is 4.90 Å². The molecule has 1 N–H and O–H groups in total. The van der Waals surface area contributed by atoms with E-state index in [4.69, 9.17) is 0 Å². The number of sulfone groups is 1. The molecule has 0 atom stereocenters. The molecule has 0 saturated carbocycles. The van der Waals surface area contributed by atoms with Crippen molar-refractivity contribution in [1.29, 1.82) is 0 Å². The number of halogens is 2. The van der Waals surface area contributed by atoms with Crippen LogP contribution in [0.5, 0.6) is 0 Å². The zero-order valence-electron chi connectivity index (χ0n) is 14.9. The van der Waals surface area contributed by atoms with Crippen LogP contribution in [0.25, 0.3) is 11.0 Å². The van der Waals surface area contributed by atoms with Crippen LogP contribution in [0.3, 0.4) is 0 Å². The minimum absolute atomic E-state index is 0.221. The molecule has 0 aliphatic carbocycles. The van der Waals surface area contributed by atoms with Crippen molar-refractivity contribution in [3.05, 3.63) is 53.3 Å². The first kappa shape index (κ1) is 18.5. The van der Waals surface area contributed by atoms with Crippen molar-refractivity contribution in [1.82, 2.24) is 9.97 Å². The maximum Gasteiger partial charge on any atom is 0.295 e. The third-order valence-electron chi connectivity index (χ3n) is 4.80. The molecule has 0 radical (unpaired) electrons. The number of alkyl halides is 2. The summed E-state index contributed by atoms with van der Waals surface area (Å²) in [6, 6.07) is 9.34. The van der Waals surface area contributed by atoms with Gasteiger partial charge in [-0.1, -0.05) is 0 Å². The Bertz CT molecular complexity index is 1190. The molecule has 0 unspecified atom stereocenters. The fraction of sp³-hybridized carbons (Fsp3) is 0.263. The SMILES string of the molecule is CS(=O)(=O)c1ccc2c(c1)CCCN2C(=O)c1ccc2nc(C(F)F)[nH]c2c1. The largest absolute Gasteiger partial charge is 0.337 e. The van der Waals surface area contributed by atoms with Gasteiger partial charge in [-0.25, -0.2) is 22.2 Å². The first-order chi connectivity index (χ1) is 13.2. The Labute approximate surface area is 160 Å². The first-order valence-corrected chi connectivity index (χ1v) is 10.6. The smallest absolute Gasteiger partial charge is 0.295 e. The third-order valence-corrected chi connectivity index (χ3v) is 5.91. The lowest BCUT2D eigenvalue weighted by Gasteiger charge is -2.30. The molecule has 3 aromatic rings. The van der Waals surface area contributed by atoms with Crippen LogP contribution in [-0.2, 0) is 16.3 Å². The minimum atomic E-state index is -3.33. The number of fused-ring (bicyclic) bond motifs is 2. The van der Waals surface area contributed by atoms with Crippen LogP contribution in [-0.4, -0.2) is 37.1 Å². The summed E-state index contributed by atoms with van der Waals surface area (Å²) in [6.07, 6.45) is -0.189. The molecule has 0 saturated heterocycles. The van der Waals surface area contributed by atoms with E-state index in [1.165, 1.54) is 18.2 Å². The molecule has 0 fully saturated rings. The number of H-pyrrole nitrogens is 1. The van der Waals surface area contributed by atoms with Crippen molar-refractivity contribution >= 4 is 32.5 Å². The molecule has 0 bridgehead atoms. The Kier molecular flexibility index (Phi) is 4.41. The molecule has 2 heterocycles. The molecule has 1 aliphatic rings. The number of aromatic nitrogens is 2. The minimum Gasteiger partial charge on any atom is -0.337 e. The predicted molar refractivity (Wildman–Crippen MR) is 101 cm³/mol. The van der Waals surface area contributed by atoms with Crippen LogP contribution in [0.2, 0.25) is 0 Å². The van der Waals surface area contributed by atoms with E-state index in [0.717, 1.165) is 11.8 Å². The van der Waals surface area contributed by atoms with E-state index < -0.39 is 22.1 Å². The lowest BCUT2D eigenvalue weighted by Crippen LogP contribution is -2.35. The lowest BCUT2D eigenvalue weighted by atomic mass is 10.0. The topological polar surface area (TPSA) is 83.1 Å².